The number of nitrogens with one attached hydrogen (secondary N) is 3. The van der Waals surface area contributed by atoms with E-state index >= 15 is 0 Å². The number of unbranched alkanes of at least 4 members (excludes halogenated alkanes) is 1. The monoisotopic (exact) mass is 572 g/mol. The first-order valence-electron chi connectivity index (χ1n) is 14.4. The van der Waals surface area contributed by atoms with Gasteiger partial charge in [-0.25, -0.2) is 9.97 Å². The van der Waals surface area contributed by atoms with Crippen molar-refractivity contribution in [3.63, 3.8) is 0 Å². The van der Waals surface area contributed by atoms with Gasteiger partial charge in [0.25, 0.3) is 0 Å². The van der Waals surface area contributed by atoms with E-state index in [-0.39, 0.29) is 11.8 Å². The molecule has 12 nitrogen and oxygen atoms in total. The first kappa shape index (κ1) is 30.5. The SMILES string of the molecule is CCCNc1nc(Nc2cnc3c(cnn3C)c2)ncc1C#CCCCNC(=O)C1CCCN1C(=O)C=CCN(C)C. The Morgan fingerprint density at radius 3 is 2.86 bits per heavy atom. The second kappa shape index (κ2) is 14.9. The molecule has 3 aromatic rings. The van der Waals surface area contributed by atoms with Gasteiger partial charge in [-0.3, -0.25) is 14.3 Å². The lowest BCUT2D eigenvalue weighted by atomic mass is 10.2. The van der Waals surface area contributed by atoms with Crippen LogP contribution in [0, 0.1) is 11.8 Å². The fraction of sp³-hybridized carbons (Fsp3) is 0.467. The molecule has 2 amide bonds. The number of likely N-dealkylation sites (N-methyl/N-ethyl adjacent to an activating group) is 1. The van der Waals surface area contributed by atoms with E-state index in [9.17, 15) is 9.59 Å². The molecule has 3 N–H and O–H groups in total. The molecule has 1 aliphatic heterocycles. The number of amides is 2. The number of hydrogen-bond donors (Lipinski definition) is 3. The molecule has 0 bridgehead atoms. The Hall–Kier alpha value is -4.50. The lowest BCUT2D eigenvalue weighted by Crippen LogP contribution is -2.45. The number of pyridine rings is 1. The van der Waals surface area contributed by atoms with Crippen molar-refractivity contribution >= 4 is 40.3 Å². The maximum absolute atomic E-state index is 12.8. The summed E-state index contributed by atoms with van der Waals surface area (Å²) in [4.78, 5) is 42.5. The van der Waals surface area contributed by atoms with Crippen LogP contribution in [0.2, 0.25) is 0 Å². The zero-order valence-electron chi connectivity index (χ0n) is 24.9. The minimum atomic E-state index is -0.411. The van der Waals surface area contributed by atoms with E-state index in [1.807, 2.05) is 38.2 Å². The number of anilines is 3. The Bertz CT molecular complexity index is 1470. The van der Waals surface area contributed by atoms with Crippen LogP contribution >= 0.6 is 0 Å². The molecule has 1 atom stereocenters. The van der Waals surface area contributed by atoms with Gasteiger partial charge in [-0.1, -0.05) is 24.8 Å². The first-order chi connectivity index (χ1) is 20.4. The van der Waals surface area contributed by atoms with Gasteiger partial charge in [-0.15, -0.1) is 0 Å². The highest BCUT2D eigenvalue weighted by molar-refractivity contribution is 5.93. The molecule has 1 fully saturated rings. The van der Waals surface area contributed by atoms with Gasteiger partial charge in [0.1, 0.15) is 11.9 Å². The number of likely N-dealkylation sites (tertiary alicyclic amines) is 1. The molecule has 0 aromatic carbocycles. The normalized spacial score (nSPS) is 14.8. The zero-order chi connectivity index (χ0) is 29.9. The number of carbonyl (C=O) groups excluding carboxylic acids is 2. The third-order valence-electron chi connectivity index (χ3n) is 6.73. The lowest BCUT2D eigenvalue weighted by molar-refractivity contribution is -0.135. The summed E-state index contributed by atoms with van der Waals surface area (Å²) in [6.45, 7) is 4.63. The summed E-state index contributed by atoms with van der Waals surface area (Å²) in [5, 5.41) is 14.7. The number of aryl methyl sites for hydroxylation is 1. The van der Waals surface area contributed by atoms with Crippen LogP contribution in [-0.4, -0.2) is 92.7 Å². The van der Waals surface area contributed by atoms with E-state index in [1.54, 1.807) is 34.2 Å². The molecular weight excluding hydrogens is 532 g/mol. The third-order valence-corrected chi connectivity index (χ3v) is 6.73. The van der Waals surface area contributed by atoms with Gasteiger partial charge in [-0.2, -0.15) is 10.1 Å². The Morgan fingerprint density at radius 1 is 1.19 bits per heavy atom. The average molecular weight is 573 g/mol. The Morgan fingerprint density at radius 2 is 2.05 bits per heavy atom. The summed E-state index contributed by atoms with van der Waals surface area (Å²) in [6, 6.07) is 1.54. The average Bonchev–Trinajstić information content (AvgIpc) is 3.61. The molecule has 4 heterocycles. The van der Waals surface area contributed by atoms with E-state index < -0.39 is 6.04 Å². The molecule has 4 rings (SSSR count). The topological polar surface area (TPSA) is 133 Å². The number of aromatic nitrogens is 5. The number of fused-ring (bicyclic) bond motifs is 1. The molecule has 12 heteroatoms. The number of nitrogens with zero attached hydrogens (tertiary/aromatic N) is 7. The van der Waals surface area contributed by atoms with Crippen molar-refractivity contribution in [3.8, 4) is 11.8 Å². The van der Waals surface area contributed by atoms with Crippen molar-refractivity contribution in [2.45, 2.75) is 45.1 Å². The zero-order valence-corrected chi connectivity index (χ0v) is 24.9. The number of hydrogen-bond acceptors (Lipinski definition) is 9. The van der Waals surface area contributed by atoms with Crippen LogP contribution in [0.25, 0.3) is 11.0 Å². The Balaban J connectivity index is 1.29. The minimum absolute atomic E-state index is 0.102. The van der Waals surface area contributed by atoms with Crippen molar-refractivity contribution in [1.82, 2.24) is 39.8 Å². The van der Waals surface area contributed by atoms with Gasteiger partial charge in [-0.05, 0) is 45.8 Å². The predicted octanol–water partition coefficient (Wildman–Crippen LogP) is 2.68. The van der Waals surface area contributed by atoms with Crippen molar-refractivity contribution < 1.29 is 9.59 Å². The Kier molecular flexibility index (Phi) is 10.8. The fourth-order valence-corrected chi connectivity index (χ4v) is 4.58. The van der Waals surface area contributed by atoms with Gasteiger partial charge in [0.05, 0.1) is 29.8 Å². The van der Waals surface area contributed by atoms with Crippen LogP contribution in [0.5, 0.6) is 0 Å². The largest absolute Gasteiger partial charge is 0.369 e. The second-order valence-corrected chi connectivity index (χ2v) is 10.5. The van der Waals surface area contributed by atoms with E-state index in [2.05, 4.69) is 54.8 Å². The lowest BCUT2D eigenvalue weighted by Gasteiger charge is -2.22. The summed E-state index contributed by atoms with van der Waals surface area (Å²) < 4.78 is 1.72. The van der Waals surface area contributed by atoms with E-state index in [0.29, 0.717) is 56.2 Å². The maximum atomic E-state index is 12.8. The molecular formula is C30H40N10O2. The molecule has 1 saturated heterocycles. The highest BCUT2D eigenvalue weighted by Crippen LogP contribution is 2.20. The van der Waals surface area contributed by atoms with Crippen molar-refractivity contribution in [2.24, 2.45) is 7.05 Å². The Labute approximate surface area is 247 Å². The number of carbonyl (C=O) groups is 2. The maximum Gasteiger partial charge on any atom is 0.246 e. The van der Waals surface area contributed by atoms with Crippen LogP contribution < -0.4 is 16.0 Å². The molecule has 1 unspecified atom stereocenters. The third kappa shape index (κ3) is 8.27. The van der Waals surface area contributed by atoms with Crippen LogP contribution in [-0.2, 0) is 16.6 Å². The molecule has 0 aliphatic carbocycles. The summed E-state index contributed by atoms with van der Waals surface area (Å²) in [5.74, 6) is 7.24. The van der Waals surface area contributed by atoms with Crippen molar-refractivity contribution in [1.29, 1.82) is 0 Å². The molecule has 42 heavy (non-hydrogen) atoms. The van der Waals surface area contributed by atoms with Gasteiger partial charge in [0.2, 0.25) is 17.8 Å². The summed E-state index contributed by atoms with van der Waals surface area (Å²) >= 11 is 0. The van der Waals surface area contributed by atoms with Crippen LogP contribution in [0.1, 0.15) is 44.6 Å². The molecule has 3 aromatic heterocycles. The van der Waals surface area contributed by atoms with E-state index in [1.165, 1.54) is 0 Å². The van der Waals surface area contributed by atoms with Gasteiger partial charge in [0.15, 0.2) is 5.65 Å². The van der Waals surface area contributed by atoms with Crippen LogP contribution in [0.15, 0.2) is 36.8 Å². The van der Waals surface area contributed by atoms with Gasteiger partial charge in [0, 0.05) is 51.1 Å². The summed E-state index contributed by atoms with van der Waals surface area (Å²) in [5.41, 5.74) is 2.28. The standard InChI is InChI=1S/C30H40N10O2/c1-5-14-31-27-22(19-34-30(37-27)36-24-18-23-20-35-39(4)28(23)33-21-24)11-7-6-8-15-32-29(42)25-12-9-17-40(25)26(41)13-10-16-38(2)3/h10,13,18-21,25H,5-6,8-9,12,14-17H2,1-4H3,(H,32,42)(H2,31,34,36,37). The molecule has 0 radical (unpaired) electrons. The quantitative estimate of drug-likeness (QED) is 0.170. The summed E-state index contributed by atoms with van der Waals surface area (Å²) in [6.07, 6.45) is 12.4. The van der Waals surface area contributed by atoms with Crippen molar-refractivity contribution in [2.75, 3.05) is 50.9 Å². The van der Waals surface area contributed by atoms with Crippen LogP contribution in [0.4, 0.5) is 17.5 Å². The second-order valence-electron chi connectivity index (χ2n) is 10.5. The molecule has 222 valence electrons. The van der Waals surface area contributed by atoms with Crippen LogP contribution in [0.3, 0.4) is 0 Å². The molecule has 0 spiro atoms. The highest BCUT2D eigenvalue weighted by atomic mass is 16.2. The fourth-order valence-electron chi connectivity index (χ4n) is 4.58. The minimum Gasteiger partial charge on any atom is -0.369 e. The van der Waals surface area contributed by atoms with Gasteiger partial charge < -0.3 is 25.8 Å². The first-order valence-corrected chi connectivity index (χ1v) is 14.4. The van der Waals surface area contributed by atoms with Crippen molar-refractivity contribution in [3.05, 3.63) is 42.4 Å². The van der Waals surface area contributed by atoms with E-state index in [4.69, 9.17) is 0 Å². The number of rotatable bonds is 12. The highest BCUT2D eigenvalue weighted by Gasteiger charge is 2.32. The predicted molar refractivity (Wildman–Crippen MR) is 164 cm³/mol. The van der Waals surface area contributed by atoms with E-state index in [0.717, 1.165) is 36.1 Å². The van der Waals surface area contributed by atoms with Gasteiger partial charge >= 0.3 is 0 Å². The smallest absolute Gasteiger partial charge is 0.246 e. The molecule has 0 saturated carbocycles. The molecule has 1 aliphatic rings. The summed E-state index contributed by atoms with van der Waals surface area (Å²) in [7, 11) is 5.74.